The van der Waals surface area contributed by atoms with E-state index < -0.39 is 45.9 Å². The van der Waals surface area contributed by atoms with E-state index in [0.29, 0.717) is 0 Å². The van der Waals surface area contributed by atoms with Crippen LogP contribution in [0.25, 0.3) is 0 Å². The highest BCUT2D eigenvalue weighted by molar-refractivity contribution is 7.91. The van der Waals surface area contributed by atoms with Crippen LogP contribution in [0.4, 0.5) is 4.79 Å². The Balaban J connectivity index is 2.90. The van der Waals surface area contributed by atoms with Crippen molar-refractivity contribution in [3.8, 4) is 0 Å². The van der Waals surface area contributed by atoms with Gasteiger partial charge in [0.15, 0.2) is 9.84 Å². The number of hydrogen-bond donors (Lipinski definition) is 3. The van der Waals surface area contributed by atoms with Crippen LogP contribution in [0, 0.1) is 0 Å². The van der Waals surface area contributed by atoms with Gasteiger partial charge in [-0.15, -0.1) is 0 Å². The number of carbonyl (C=O) groups excluding carboxylic acids is 2. The number of amides is 3. The van der Waals surface area contributed by atoms with E-state index in [1.807, 2.05) is 0 Å². The molecule has 0 aromatic rings. The van der Waals surface area contributed by atoms with Crippen molar-refractivity contribution in [3.63, 3.8) is 0 Å². The van der Waals surface area contributed by atoms with Gasteiger partial charge in [-0.3, -0.25) is 9.59 Å². The van der Waals surface area contributed by atoms with E-state index in [4.69, 9.17) is 10.8 Å². The zero-order chi connectivity index (χ0) is 16.4. The molecule has 0 saturated carbocycles. The maximum Gasteiger partial charge on any atom is 0.323 e. The average Bonchev–Trinajstić information content (AvgIpc) is 2.65. The molecule has 1 fully saturated rings. The molecule has 0 aliphatic carbocycles. The first-order chi connectivity index (χ1) is 9.44. The lowest BCUT2D eigenvalue weighted by Gasteiger charge is -2.31. The van der Waals surface area contributed by atoms with Crippen molar-refractivity contribution < 1.29 is 27.9 Å². The largest absolute Gasteiger partial charge is 0.480 e. The lowest BCUT2D eigenvalue weighted by atomic mass is 10.1. The Morgan fingerprint density at radius 2 is 1.95 bits per heavy atom. The van der Waals surface area contributed by atoms with Gasteiger partial charge < -0.3 is 21.1 Å². The zero-order valence-corrected chi connectivity index (χ0v) is 12.6. The van der Waals surface area contributed by atoms with E-state index in [2.05, 4.69) is 5.32 Å². The van der Waals surface area contributed by atoms with Gasteiger partial charge in [0.1, 0.15) is 12.1 Å². The van der Waals surface area contributed by atoms with E-state index in [1.54, 1.807) is 0 Å². The second-order valence-electron chi connectivity index (χ2n) is 5.50. The minimum Gasteiger partial charge on any atom is -0.480 e. The fourth-order valence-electron chi connectivity index (χ4n) is 1.93. The molecule has 4 N–H and O–H groups in total. The number of nitrogens with one attached hydrogen (secondary N) is 1. The van der Waals surface area contributed by atoms with E-state index >= 15 is 0 Å². The van der Waals surface area contributed by atoms with E-state index in [9.17, 15) is 22.8 Å². The molecule has 0 aromatic heterocycles. The molecule has 1 aliphatic rings. The molecule has 3 amide bonds. The van der Waals surface area contributed by atoms with Gasteiger partial charge in [-0.2, -0.15) is 0 Å². The second kappa shape index (κ2) is 5.88. The molecular formula is C11H19N3O6S. The summed E-state index contributed by atoms with van der Waals surface area (Å²) in [6.07, 6.45) is 0.167. The Morgan fingerprint density at radius 1 is 1.38 bits per heavy atom. The number of rotatable bonds is 5. The Kier molecular flexibility index (Phi) is 4.82. The predicted octanol–water partition coefficient (Wildman–Crippen LogP) is -1.47. The molecule has 10 heteroatoms. The molecular weight excluding hydrogens is 302 g/mol. The number of carboxylic acid groups (broad SMARTS) is 1. The molecule has 1 unspecified atom stereocenters. The van der Waals surface area contributed by atoms with Crippen LogP contribution < -0.4 is 11.1 Å². The van der Waals surface area contributed by atoms with Gasteiger partial charge >= 0.3 is 12.0 Å². The van der Waals surface area contributed by atoms with E-state index in [1.165, 1.54) is 13.8 Å². The standard InChI is InChI=1S/C11H19N3O6S/c1-11(2,9(12)17)13-10(18)14(5-8(15)16)7-3-4-21(19,20)6-7/h7H,3-6H2,1-2H3,(H2,12,17)(H,13,18)(H,15,16). The monoisotopic (exact) mass is 321 g/mol. The predicted molar refractivity (Wildman–Crippen MR) is 73.2 cm³/mol. The SMILES string of the molecule is CC(C)(NC(=O)N(CC(=O)O)C1CCS(=O)(=O)C1)C(N)=O. The van der Waals surface area contributed by atoms with Crippen molar-refractivity contribution in [1.29, 1.82) is 0 Å². The number of hydrogen-bond acceptors (Lipinski definition) is 5. The van der Waals surface area contributed by atoms with Gasteiger partial charge in [-0.05, 0) is 20.3 Å². The highest BCUT2D eigenvalue weighted by Crippen LogP contribution is 2.18. The minimum atomic E-state index is -3.28. The van der Waals surface area contributed by atoms with Crippen molar-refractivity contribution in [2.75, 3.05) is 18.1 Å². The number of aliphatic carboxylic acids is 1. The van der Waals surface area contributed by atoms with Gasteiger partial charge in [0.05, 0.1) is 11.5 Å². The summed E-state index contributed by atoms with van der Waals surface area (Å²) < 4.78 is 22.9. The lowest BCUT2D eigenvalue weighted by molar-refractivity contribution is -0.138. The van der Waals surface area contributed by atoms with Gasteiger partial charge in [0, 0.05) is 6.04 Å². The van der Waals surface area contributed by atoms with Gasteiger partial charge in [0.25, 0.3) is 0 Å². The highest BCUT2D eigenvalue weighted by atomic mass is 32.2. The number of primary amides is 1. The Bertz CT molecular complexity index is 556. The Labute approximate surface area is 122 Å². The molecule has 120 valence electrons. The summed E-state index contributed by atoms with van der Waals surface area (Å²) in [5.74, 6) is -2.44. The fraction of sp³-hybridized carbons (Fsp3) is 0.727. The summed E-state index contributed by atoms with van der Waals surface area (Å²) in [6, 6.07) is -1.56. The molecule has 1 aliphatic heterocycles. The third-order valence-electron chi connectivity index (χ3n) is 3.25. The Hall–Kier alpha value is -1.84. The minimum absolute atomic E-state index is 0.0969. The molecule has 1 heterocycles. The van der Waals surface area contributed by atoms with Gasteiger partial charge in [-0.1, -0.05) is 0 Å². The van der Waals surface area contributed by atoms with E-state index in [0.717, 1.165) is 4.90 Å². The molecule has 0 bridgehead atoms. The van der Waals surface area contributed by atoms with Crippen molar-refractivity contribution in [2.24, 2.45) is 5.73 Å². The van der Waals surface area contributed by atoms with Crippen LogP contribution in [0.1, 0.15) is 20.3 Å². The number of carbonyl (C=O) groups is 3. The Morgan fingerprint density at radius 3 is 2.33 bits per heavy atom. The molecule has 0 aromatic carbocycles. The van der Waals surface area contributed by atoms with Gasteiger partial charge in [-0.25, -0.2) is 13.2 Å². The number of nitrogens with two attached hydrogens (primary N) is 1. The first kappa shape index (κ1) is 17.2. The summed E-state index contributed by atoms with van der Waals surface area (Å²) in [5.41, 5.74) is 3.76. The van der Waals surface area contributed by atoms with Crippen molar-refractivity contribution in [3.05, 3.63) is 0 Å². The zero-order valence-electron chi connectivity index (χ0n) is 11.8. The summed E-state index contributed by atoms with van der Waals surface area (Å²) in [4.78, 5) is 35.1. The third kappa shape index (κ3) is 4.59. The second-order valence-corrected chi connectivity index (χ2v) is 7.73. The molecule has 1 saturated heterocycles. The molecule has 21 heavy (non-hydrogen) atoms. The lowest BCUT2D eigenvalue weighted by Crippen LogP contribution is -2.59. The summed E-state index contributed by atoms with van der Waals surface area (Å²) >= 11 is 0. The van der Waals surface area contributed by atoms with Crippen molar-refractivity contribution in [2.45, 2.75) is 31.8 Å². The number of urea groups is 1. The fourth-order valence-corrected chi connectivity index (χ4v) is 3.67. The smallest absolute Gasteiger partial charge is 0.323 e. The summed E-state index contributed by atoms with van der Waals surface area (Å²) in [6.45, 7) is 2.09. The third-order valence-corrected chi connectivity index (χ3v) is 5.00. The van der Waals surface area contributed by atoms with Crippen molar-refractivity contribution in [1.82, 2.24) is 10.2 Å². The number of carboxylic acids is 1. The number of nitrogens with zero attached hydrogens (tertiary/aromatic N) is 1. The quantitative estimate of drug-likeness (QED) is 0.563. The topological polar surface area (TPSA) is 147 Å². The van der Waals surface area contributed by atoms with Gasteiger partial charge in [0.2, 0.25) is 5.91 Å². The molecule has 0 spiro atoms. The van der Waals surface area contributed by atoms with Crippen LogP contribution in [0.15, 0.2) is 0 Å². The van der Waals surface area contributed by atoms with Crippen LogP contribution in [-0.4, -0.2) is 66.0 Å². The number of sulfone groups is 1. The average molecular weight is 321 g/mol. The van der Waals surface area contributed by atoms with Crippen LogP contribution >= 0.6 is 0 Å². The summed E-state index contributed by atoms with van der Waals surface area (Å²) in [7, 11) is -3.28. The normalized spacial score (nSPS) is 20.8. The van der Waals surface area contributed by atoms with Crippen LogP contribution in [0.5, 0.6) is 0 Å². The molecule has 9 nitrogen and oxygen atoms in total. The molecule has 0 radical (unpaired) electrons. The van der Waals surface area contributed by atoms with E-state index in [-0.39, 0.29) is 17.9 Å². The van der Waals surface area contributed by atoms with Crippen LogP contribution in [-0.2, 0) is 19.4 Å². The highest BCUT2D eigenvalue weighted by Gasteiger charge is 2.38. The first-order valence-electron chi connectivity index (χ1n) is 6.25. The maximum atomic E-state index is 12.1. The maximum absolute atomic E-state index is 12.1. The van der Waals surface area contributed by atoms with Crippen molar-refractivity contribution >= 4 is 27.7 Å². The van der Waals surface area contributed by atoms with Crippen LogP contribution in [0.2, 0.25) is 0 Å². The first-order valence-corrected chi connectivity index (χ1v) is 8.07. The molecule has 1 atom stereocenters. The van der Waals surface area contributed by atoms with Crippen LogP contribution in [0.3, 0.4) is 0 Å². The molecule has 1 rings (SSSR count). The summed E-state index contributed by atoms with van der Waals surface area (Å²) in [5, 5.41) is 11.2.